The van der Waals surface area contributed by atoms with Crippen LogP contribution in [0.15, 0.2) is 72.9 Å². The minimum absolute atomic E-state index is 0.925. The van der Waals surface area contributed by atoms with Crippen LogP contribution in [-0.2, 0) is 0 Å². The van der Waals surface area contributed by atoms with Crippen LogP contribution in [0.1, 0.15) is 51.4 Å². The van der Waals surface area contributed by atoms with Crippen molar-refractivity contribution >= 4 is 0 Å². The van der Waals surface area contributed by atoms with Crippen LogP contribution in [0, 0.1) is 71.0 Å². The Morgan fingerprint density at radius 1 is 0.375 bits per heavy atom. The Morgan fingerprint density at radius 3 is 1.31 bits per heavy atom. The zero-order valence-corrected chi connectivity index (χ0v) is 19.5. The lowest BCUT2D eigenvalue weighted by molar-refractivity contribution is 0.290. The maximum Gasteiger partial charge on any atom is -0.0133 e. The van der Waals surface area contributed by atoms with E-state index in [9.17, 15) is 0 Å². The molecule has 9 aliphatic rings. The van der Waals surface area contributed by atoms with E-state index in [1.807, 2.05) is 0 Å². The predicted octanol–water partition coefficient (Wildman–Crippen LogP) is 7.93. The summed E-state index contributed by atoms with van der Waals surface area (Å²) in [5.74, 6) is 11.8. The van der Waals surface area contributed by atoms with Crippen molar-refractivity contribution in [2.75, 3.05) is 0 Å². The van der Waals surface area contributed by atoms with Crippen molar-refractivity contribution in [1.82, 2.24) is 0 Å². The molecule has 0 amide bonds. The summed E-state index contributed by atoms with van der Waals surface area (Å²) in [5, 5.41) is 0. The van der Waals surface area contributed by atoms with Gasteiger partial charge in [-0.3, -0.25) is 0 Å². The van der Waals surface area contributed by atoms with Crippen molar-refractivity contribution in [1.29, 1.82) is 0 Å². The molecular weight excluding hydrogens is 384 g/mol. The maximum atomic E-state index is 2.50. The highest BCUT2D eigenvalue weighted by Gasteiger charge is 2.56. The molecule has 0 aromatic rings. The van der Waals surface area contributed by atoms with Crippen molar-refractivity contribution in [3.8, 4) is 0 Å². The van der Waals surface area contributed by atoms with Crippen molar-refractivity contribution in [3.05, 3.63) is 72.9 Å². The molecular formula is C32H40. The van der Waals surface area contributed by atoms with Crippen LogP contribution in [0.4, 0.5) is 0 Å². The first-order chi connectivity index (χ1) is 15.8. The third-order valence-corrected chi connectivity index (χ3v) is 10.9. The smallest absolute Gasteiger partial charge is 0.0133 e. The van der Waals surface area contributed by atoms with Crippen LogP contribution in [0.2, 0.25) is 0 Å². The molecule has 0 spiro atoms. The lowest BCUT2D eigenvalue weighted by Gasteiger charge is -2.29. The minimum atomic E-state index is 0.925. The Balaban J connectivity index is 0.0000000853. The molecule has 8 atom stereocenters. The predicted molar refractivity (Wildman–Crippen MR) is 134 cm³/mol. The largest absolute Gasteiger partial charge is 0.0882 e. The molecule has 3 fully saturated rings. The van der Waals surface area contributed by atoms with E-state index >= 15 is 0 Å². The summed E-state index contributed by atoms with van der Waals surface area (Å²) in [5.41, 5.74) is 0. The molecule has 0 nitrogen and oxygen atoms in total. The normalized spacial score (nSPS) is 52.5. The first-order valence-electron chi connectivity index (χ1n) is 13.9. The number of allylic oxidation sites excluding steroid dienone is 12. The van der Waals surface area contributed by atoms with Gasteiger partial charge in [0.15, 0.2) is 0 Å². The van der Waals surface area contributed by atoms with Crippen LogP contribution in [0.3, 0.4) is 0 Å². The maximum absolute atomic E-state index is 2.50. The zero-order chi connectivity index (χ0) is 21.1. The number of rotatable bonds is 0. The molecule has 32 heavy (non-hydrogen) atoms. The zero-order valence-electron chi connectivity index (χ0n) is 19.5. The molecule has 9 aliphatic carbocycles. The number of fused-ring (bicyclic) bond motifs is 15. The highest BCUT2D eigenvalue weighted by atomic mass is 14.6. The number of hydrogen-bond donors (Lipinski definition) is 0. The Morgan fingerprint density at radius 2 is 0.812 bits per heavy atom. The summed E-state index contributed by atoms with van der Waals surface area (Å²) in [4.78, 5) is 0. The van der Waals surface area contributed by atoms with Gasteiger partial charge >= 0.3 is 0 Å². The summed E-state index contributed by atoms with van der Waals surface area (Å²) in [6.07, 6.45) is 40.2. The van der Waals surface area contributed by atoms with E-state index in [1.54, 1.807) is 0 Å². The van der Waals surface area contributed by atoms with Crippen LogP contribution < -0.4 is 0 Å². The molecule has 168 valence electrons. The van der Waals surface area contributed by atoms with Gasteiger partial charge in [0, 0.05) is 0 Å². The van der Waals surface area contributed by atoms with Crippen LogP contribution in [0.25, 0.3) is 0 Å². The Labute approximate surface area is 195 Å². The van der Waals surface area contributed by atoms with Crippen LogP contribution in [0.5, 0.6) is 0 Å². The van der Waals surface area contributed by atoms with Crippen molar-refractivity contribution in [3.63, 3.8) is 0 Å². The van der Waals surface area contributed by atoms with E-state index in [4.69, 9.17) is 0 Å². The molecule has 0 aliphatic heterocycles. The SMILES string of the molecule is C1=CC2C3C=CC(C3)C2C1.C1=CC2CC1C1C3C=CC(C3)C21.C1=CCC2CC=CCC2C1. The molecule has 0 heteroatoms. The fourth-order valence-corrected chi connectivity index (χ4v) is 9.45. The van der Waals surface area contributed by atoms with Crippen LogP contribution >= 0.6 is 0 Å². The van der Waals surface area contributed by atoms with Crippen molar-refractivity contribution in [2.24, 2.45) is 71.0 Å². The lowest BCUT2D eigenvalue weighted by Crippen LogP contribution is -2.23. The molecule has 8 unspecified atom stereocenters. The third-order valence-electron chi connectivity index (χ3n) is 10.9. The van der Waals surface area contributed by atoms with Gasteiger partial charge < -0.3 is 0 Å². The minimum Gasteiger partial charge on any atom is -0.0882 e. The van der Waals surface area contributed by atoms with Gasteiger partial charge in [-0.1, -0.05) is 72.9 Å². The summed E-state index contributed by atoms with van der Waals surface area (Å²) < 4.78 is 0. The van der Waals surface area contributed by atoms with E-state index in [0.717, 1.165) is 71.0 Å². The van der Waals surface area contributed by atoms with E-state index < -0.39 is 0 Å². The third kappa shape index (κ3) is 3.23. The molecule has 0 aromatic carbocycles. The van der Waals surface area contributed by atoms with Gasteiger partial charge in [-0.2, -0.15) is 0 Å². The Bertz CT molecular complexity index is 805. The van der Waals surface area contributed by atoms with Gasteiger partial charge in [0.25, 0.3) is 0 Å². The molecule has 3 saturated carbocycles. The standard InChI is InChI=1S/C12H14.C10H12.C10H14/c1-2-8-5-7(1)11-9-3-4-10(6-9)12(8)11;1-2-9-7-4-5-8(6-7)10(9)3-1;1-2-6-10-8-4-3-7-9(10)5-1/h1-4,7-12H,5-6H2;1-2,4-5,7-10H,3,6H2;1-4,9-10H,5-8H2. The molecule has 0 heterocycles. The average Bonchev–Trinajstić information content (AvgIpc) is 3.69. The summed E-state index contributed by atoms with van der Waals surface area (Å²) >= 11 is 0. The number of hydrogen-bond acceptors (Lipinski definition) is 0. The Kier molecular flexibility index (Phi) is 4.99. The van der Waals surface area contributed by atoms with Gasteiger partial charge in [-0.05, 0) is 122 Å². The summed E-state index contributed by atoms with van der Waals surface area (Å²) in [6.45, 7) is 0. The second-order valence-electron chi connectivity index (χ2n) is 12.3. The second kappa shape index (κ2) is 8.03. The topological polar surface area (TPSA) is 0 Å². The highest BCUT2D eigenvalue weighted by Crippen LogP contribution is 2.63. The first-order valence-corrected chi connectivity index (χ1v) is 13.9. The second-order valence-corrected chi connectivity index (χ2v) is 12.3. The highest BCUT2D eigenvalue weighted by molar-refractivity contribution is 5.26. The van der Waals surface area contributed by atoms with Crippen molar-refractivity contribution < 1.29 is 0 Å². The lowest BCUT2D eigenvalue weighted by atomic mass is 9.76. The van der Waals surface area contributed by atoms with Gasteiger partial charge in [0.1, 0.15) is 0 Å². The van der Waals surface area contributed by atoms with Crippen molar-refractivity contribution in [2.45, 2.75) is 51.4 Å². The molecule has 0 saturated heterocycles. The van der Waals surface area contributed by atoms with E-state index in [2.05, 4.69) is 72.9 Å². The van der Waals surface area contributed by atoms with Gasteiger partial charge in [0.2, 0.25) is 0 Å². The average molecular weight is 425 g/mol. The van der Waals surface area contributed by atoms with E-state index in [1.165, 1.54) is 51.4 Å². The van der Waals surface area contributed by atoms with Gasteiger partial charge in [0.05, 0.1) is 0 Å². The molecule has 0 aromatic heterocycles. The fraction of sp³-hybridized carbons (Fsp3) is 0.625. The summed E-state index contributed by atoms with van der Waals surface area (Å²) in [6, 6.07) is 0. The molecule has 6 bridgehead atoms. The van der Waals surface area contributed by atoms with Gasteiger partial charge in [-0.25, -0.2) is 0 Å². The van der Waals surface area contributed by atoms with Crippen LogP contribution in [-0.4, -0.2) is 0 Å². The van der Waals surface area contributed by atoms with Gasteiger partial charge in [-0.15, -0.1) is 0 Å². The monoisotopic (exact) mass is 424 g/mol. The molecule has 0 N–H and O–H groups in total. The first kappa shape index (κ1) is 19.9. The quantitative estimate of drug-likeness (QED) is 0.273. The van der Waals surface area contributed by atoms with E-state index in [-0.39, 0.29) is 0 Å². The fourth-order valence-electron chi connectivity index (χ4n) is 9.45. The summed E-state index contributed by atoms with van der Waals surface area (Å²) in [7, 11) is 0. The Hall–Kier alpha value is -1.56. The molecule has 9 rings (SSSR count). The van der Waals surface area contributed by atoms with E-state index in [0.29, 0.717) is 0 Å². The molecule has 0 radical (unpaired) electrons.